The highest BCUT2D eigenvalue weighted by Crippen LogP contribution is 2.18. The van der Waals surface area contributed by atoms with Gasteiger partial charge in [0.1, 0.15) is 6.17 Å². The quantitative estimate of drug-likeness (QED) is 0.636. The topological polar surface area (TPSA) is 20.2 Å². The fraction of sp³-hybridized carbons (Fsp3) is 1.00. The molecule has 0 rings (SSSR count). The predicted molar refractivity (Wildman–Crippen MR) is 45.3 cm³/mol. The van der Waals surface area contributed by atoms with Crippen molar-refractivity contribution in [3.8, 4) is 0 Å². The average molecular weight is 162 g/mol. The van der Waals surface area contributed by atoms with Gasteiger partial charge in [-0.05, 0) is 12.3 Å². The minimum absolute atomic E-state index is 0.0694. The van der Waals surface area contributed by atoms with E-state index < -0.39 is 6.17 Å². The minimum Gasteiger partial charge on any atom is -0.393 e. The van der Waals surface area contributed by atoms with Crippen LogP contribution in [0.1, 0.15) is 39.5 Å². The first-order valence-corrected chi connectivity index (χ1v) is 4.51. The third kappa shape index (κ3) is 4.35. The molecule has 0 radical (unpaired) electrons. The molecule has 68 valence electrons. The summed E-state index contributed by atoms with van der Waals surface area (Å²) in [6.07, 6.45) is 2.91. The normalized spacial score (nSPS) is 16.4. The van der Waals surface area contributed by atoms with Gasteiger partial charge in [-0.25, -0.2) is 4.39 Å². The van der Waals surface area contributed by atoms with Gasteiger partial charge in [-0.1, -0.05) is 33.1 Å². The van der Waals surface area contributed by atoms with E-state index in [-0.39, 0.29) is 12.5 Å². The van der Waals surface area contributed by atoms with Crippen molar-refractivity contribution in [1.29, 1.82) is 0 Å². The Morgan fingerprint density at radius 3 is 2.36 bits per heavy atom. The van der Waals surface area contributed by atoms with Crippen LogP contribution in [0.4, 0.5) is 4.39 Å². The van der Waals surface area contributed by atoms with E-state index in [9.17, 15) is 4.39 Å². The summed E-state index contributed by atoms with van der Waals surface area (Å²) in [4.78, 5) is 0. The third-order valence-electron chi connectivity index (χ3n) is 2.14. The number of hydrogen-bond donors (Lipinski definition) is 1. The highest BCUT2D eigenvalue weighted by molar-refractivity contribution is 4.66. The number of aliphatic hydroxyl groups excluding tert-OH is 1. The molecule has 0 aliphatic rings. The van der Waals surface area contributed by atoms with Crippen molar-refractivity contribution in [3.63, 3.8) is 0 Å². The van der Waals surface area contributed by atoms with Crippen molar-refractivity contribution >= 4 is 0 Å². The Morgan fingerprint density at radius 2 is 2.00 bits per heavy atom. The maximum absolute atomic E-state index is 12.9. The SMILES string of the molecule is CCCC[C@@H](CC)[C@H](F)CO. The van der Waals surface area contributed by atoms with E-state index in [2.05, 4.69) is 6.92 Å². The van der Waals surface area contributed by atoms with Crippen LogP contribution in [-0.2, 0) is 0 Å². The monoisotopic (exact) mass is 162 g/mol. The molecule has 0 bridgehead atoms. The van der Waals surface area contributed by atoms with E-state index in [0.717, 1.165) is 25.7 Å². The zero-order valence-electron chi connectivity index (χ0n) is 7.52. The predicted octanol–water partition coefficient (Wildman–Crippen LogP) is 2.53. The van der Waals surface area contributed by atoms with E-state index in [1.807, 2.05) is 6.92 Å². The Bertz CT molecular complexity index is 85.6. The Hall–Kier alpha value is -0.110. The van der Waals surface area contributed by atoms with Crippen LogP contribution in [0, 0.1) is 5.92 Å². The van der Waals surface area contributed by atoms with E-state index >= 15 is 0 Å². The van der Waals surface area contributed by atoms with Crippen LogP contribution < -0.4 is 0 Å². The second-order valence-electron chi connectivity index (χ2n) is 3.01. The summed E-state index contributed by atoms with van der Waals surface area (Å²) in [5.41, 5.74) is 0. The zero-order valence-corrected chi connectivity index (χ0v) is 7.52. The number of rotatable bonds is 6. The highest BCUT2D eigenvalue weighted by Gasteiger charge is 2.16. The summed E-state index contributed by atoms with van der Waals surface area (Å²) in [5.74, 6) is 0.0694. The molecular weight excluding hydrogens is 143 g/mol. The van der Waals surface area contributed by atoms with Crippen molar-refractivity contribution in [2.45, 2.75) is 45.7 Å². The Balaban J connectivity index is 3.56. The van der Waals surface area contributed by atoms with E-state index in [1.54, 1.807) is 0 Å². The van der Waals surface area contributed by atoms with E-state index in [1.165, 1.54) is 0 Å². The molecule has 0 amide bonds. The zero-order chi connectivity index (χ0) is 8.69. The van der Waals surface area contributed by atoms with Crippen LogP contribution in [0.3, 0.4) is 0 Å². The molecular formula is C9H19FO. The van der Waals surface area contributed by atoms with Crippen LogP contribution in [-0.4, -0.2) is 17.9 Å². The smallest absolute Gasteiger partial charge is 0.126 e. The van der Waals surface area contributed by atoms with Gasteiger partial charge in [0, 0.05) is 0 Å². The molecule has 0 aliphatic carbocycles. The van der Waals surface area contributed by atoms with Crippen molar-refractivity contribution in [2.24, 2.45) is 5.92 Å². The Morgan fingerprint density at radius 1 is 1.36 bits per heavy atom. The fourth-order valence-corrected chi connectivity index (χ4v) is 1.26. The maximum Gasteiger partial charge on any atom is 0.126 e. The molecule has 0 heterocycles. The number of aliphatic hydroxyl groups is 1. The second-order valence-corrected chi connectivity index (χ2v) is 3.01. The first kappa shape index (κ1) is 10.9. The lowest BCUT2D eigenvalue weighted by atomic mass is 9.95. The molecule has 11 heavy (non-hydrogen) atoms. The lowest BCUT2D eigenvalue weighted by Crippen LogP contribution is -2.19. The lowest BCUT2D eigenvalue weighted by Gasteiger charge is -2.16. The lowest BCUT2D eigenvalue weighted by molar-refractivity contribution is 0.117. The van der Waals surface area contributed by atoms with Crippen LogP contribution in [0.25, 0.3) is 0 Å². The second kappa shape index (κ2) is 6.59. The van der Waals surface area contributed by atoms with Gasteiger partial charge in [-0.3, -0.25) is 0 Å². The highest BCUT2D eigenvalue weighted by atomic mass is 19.1. The number of hydrogen-bond acceptors (Lipinski definition) is 1. The number of unbranched alkanes of at least 4 members (excludes halogenated alkanes) is 1. The number of halogens is 1. The fourth-order valence-electron chi connectivity index (χ4n) is 1.26. The van der Waals surface area contributed by atoms with Gasteiger partial charge in [0.2, 0.25) is 0 Å². The molecule has 0 saturated carbocycles. The first-order valence-electron chi connectivity index (χ1n) is 4.51. The molecule has 0 fully saturated rings. The van der Waals surface area contributed by atoms with E-state index in [4.69, 9.17) is 5.11 Å². The Kier molecular flexibility index (Phi) is 6.52. The summed E-state index contributed by atoms with van der Waals surface area (Å²) in [5, 5.41) is 8.56. The molecule has 0 aromatic carbocycles. The molecule has 0 aliphatic heterocycles. The van der Waals surface area contributed by atoms with Crippen molar-refractivity contribution < 1.29 is 9.50 Å². The molecule has 1 N–H and O–H groups in total. The van der Waals surface area contributed by atoms with Crippen molar-refractivity contribution in [2.75, 3.05) is 6.61 Å². The van der Waals surface area contributed by atoms with Crippen LogP contribution in [0.2, 0.25) is 0 Å². The van der Waals surface area contributed by atoms with Gasteiger partial charge >= 0.3 is 0 Å². The van der Waals surface area contributed by atoms with Crippen LogP contribution in [0.5, 0.6) is 0 Å². The molecule has 0 aromatic rings. The average Bonchev–Trinajstić information content (AvgIpc) is 2.05. The maximum atomic E-state index is 12.9. The summed E-state index contributed by atoms with van der Waals surface area (Å²) >= 11 is 0. The van der Waals surface area contributed by atoms with Gasteiger partial charge in [0.15, 0.2) is 0 Å². The molecule has 0 spiro atoms. The standard InChI is InChI=1S/C9H19FO/c1-3-5-6-8(4-2)9(10)7-11/h8-9,11H,3-7H2,1-2H3/t8-,9-/m1/s1. The summed E-state index contributed by atoms with van der Waals surface area (Å²) in [7, 11) is 0. The van der Waals surface area contributed by atoms with Crippen LogP contribution >= 0.6 is 0 Å². The molecule has 1 nitrogen and oxygen atoms in total. The van der Waals surface area contributed by atoms with Gasteiger partial charge < -0.3 is 5.11 Å². The van der Waals surface area contributed by atoms with Gasteiger partial charge in [0.05, 0.1) is 6.61 Å². The molecule has 2 heteroatoms. The van der Waals surface area contributed by atoms with Crippen LogP contribution in [0.15, 0.2) is 0 Å². The summed E-state index contributed by atoms with van der Waals surface area (Å²) in [6.45, 7) is 3.75. The minimum atomic E-state index is -1.01. The summed E-state index contributed by atoms with van der Waals surface area (Å²) < 4.78 is 12.9. The Labute approximate surface area is 68.6 Å². The molecule has 0 saturated heterocycles. The van der Waals surface area contributed by atoms with Gasteiger partial charge in [0.25, 0.3) is 0 Å². The molecule has 0 unspecified atom stereocenters. The van der Waals surface area contributed by atoms with Gasteiger partial charge in [-0.15, -0.1) is 0 Å². The van der Waals surface area contributed by atoms with Crippen molar-refractivity contribution in [1.82, 2.24) is 0 Å². The first-order chi connectivity index (χ1) is 5.26. The summed E-state index contributed by atoms with van der Waals surface area (Å²) in [6, 6.07) is 0. The van der Waals surface area contributed by atoms with Crippen molar-refractivity contribution in [3.05, 3.63) is 0 Å². The molecule has 0 aromatic heterocycles. The number of alkyl halides is 1. The largest absolute Gasteiger partial charge is 0.393 e. The molecule has 2 atom stereocenters. The van der Waals surface area contributed by atoms with E-state index in [0.29, 0.717) is 0 Å². The van der Waals surface area contributed by atoms with Gasteiger partial charge in [-0.2, -0.15) is 0 Å². The third-order valence-corrected chi connectivity index (χ3v) is 2.14.